The minimum Gasteiger partial charge on any atom is -0.434 e. The lowest BCUT2D eigenvalue weighted by Gasteiger charge is -2.31. The largest absolute Gasteiger partial charge is 0.434 e. The van der Waals surface area contributed by atoms with Gasteiger partial charge in [-0.15, -0.1) is 0 Å². The van der Waals surface area contributed by atoms with Crippen LogP contribution in [-0.4, -0.2) is 41.4 Å². The lowest BCUT2D eigenvalue weighted by Crippen LogP contribution is -2.42. The lowest BCUT2D eigenvalue weighted by atomic mass is 10.00. The highest BCUT2D eigenvalue weighted by Crippen LogP contribution is 2.38. The van der Waals surface area contributed by atoms with Gasteiger partial charge >= 0.3 is 6.61 Å². The Balaban J connectivity index is 1.55. The Morgan fingerprint density at radius 2 is 1.79 bits per heavy atom. The third-order valence-corrected chi connectivity index (χ3v) is 5.83. The number of anilines is 1. The summed E-state index contributed by atoms with van der Waals surface area (Å²) in [7, 11) is 0. The van der Waals surface area contributed by atoms with Gasteiger partial charge in [-0.2, -0.15) is 8.78 Å². The predicted molar refractivity (Wildman–Crippen MR) is 114 cm³/mol. The Morgan fingerprint density at radius 3 is 2.45 bits per heavy atom. The second-order valence-corrected chi connectivity index (χ2v) is 7.79. The summed E-state index contributed by atoms with van der Waals surface area (Å²) in [6.45, 7) is -1.72. The van der Waals surface area contributed by atoms with Crippen LogP contribution in [0.1, 0.15) is 32.7 Å². The Morgan fingerprint density at radius 1 is 1.03 bits per heavy atom. The number of rotatable bonds is 5. The normalized spacial score (nSPS) is 15.0. The highest BCUT2D eigenvalue weighted by molar-refractivity contribution is 6.11. The summed E-state index contributed by atoms with van der Waals surface area (Å²) in [5.41, 5.74) is 2.21. The number of hydrogen-bond acceptors (Lipinski definition) is 4. The molecule has 1 saturated heterocycles. The molecular formula is C24H18F3N3O3. The molecule has 2 amide bonds. The van der Waals surface area contributed by atoms with Crippen molar-refractivity contribution in [2.24, 2.45) is 0 Å². The van der Waals surface area contributed by atoms with E-state index in [1.54, 1.807) is 17.0 Å². The Bertz CT molecular complexity index is 1240. The molecule has 0 spiro atoms. The fraction of sp³-hybridized carbons (Fsp3) is 0.208. The molecule has 0 saturated carbocycles. The van der Waals surface area contributed by atoms with E-state index in [-0.39, 0.29) is 35.2 Å². The Hall–Kier alpha value is -3.88. The van der Waals surface area contributed by atoms with E-state index in [0.29, 0.717) is 35.6 Å². The quantitative estimate of drug-likeness (QED) is 0.571. The van der Waals surface area contributed by atoms with Crippen LogP contribution < -0.4 is 9.64 Å². The van der Waals surface area contributed by atoms with E-state index < -0.39 is 12.4 Å². The molecule has 1 fully saturated rings. The minimum absolute atomic E-state index is 0.131. The molecular weight excluding hydrogens is 435 g/mol. The molecule has 33 heavy (non-hydrogen) atoms. The van der Waals surface area contributed by atoms with Crippen molar-refractivity contribution in [3.63, 3.8) is 0 Å². The summed E-state index contributed by atoms with van der Waals surface area (Å²) in [5.74, 6) is -1.17. The van der Waals surface area contributed by atoms with Gasteiger partial charge in [-0.3, -0.25) is 14.6 Å². The monoisotopic (exact) mass is 453 g/mol. The standard InChI is InChI=1S/C24H18F3N3O3/c25-15-3-5-16(6-4-15)30-13-19-17(23(30)32)8-9-28-21(19)18-7-2-14(12-20(18)33-24(26)27)22(31)29-10-1-11-29/h2-9,12,24H,1,10-11,13H2. The summed E-state index contributed by atoms with van der Waals surface area (Å²) < 4.78 is 44.5. The van der Waals surface area contributed by atoms with Crippen molar-refractivity contribution in [1.29, 1.82) is 0 Å². The summed E-state index contributed by atoms with van der Waals surface area (Å²) in [4.78, 5) is 33.0. The van der Waals surface area contributed by atoms with E-state index in [0.717, 1.165) is 6.42 Å². The molecule has 2 aromatic carbocycles. The fourth-order valence-electron chi connectivity index (χ4n) is 4.04. The molecule has 2 aliphatic rings. The molecule has 3 aromatic rings. The summed E-state index contributed by atoms with van der Waals surface area (Å²) in [5, 5.41) is 0. The van der Waals surface area contributed by atoms with Gasteiger partial charge in [-0.05, 0) is 55.0 Å². The predicted octanol–water partition coefficient (Wildman–Crippen LogP) is 4.50. The zero-order chi connectivity index (χ0) is 23.1. The molecule has 0 aliphatic carbocycles. The smallest absolute Gasteiger partial charge is 0.387 e. The number of fused-ring (bicyclic) bond motifs is 1. The molecule has 168 valence electrons. The molecule has 9 heteroatoms. The molecule has 5 rings (SSSR count). The van der Waals surface area contributed by atoms with Gasteiger partial charge in [0, 0.05) is 47.2 Å². The number of amides is 2. The van der Waals surface area contributed by atoms with Crippen LogP contribution in [0.3, 0.4) is 0 Å². The highest BCUT2D eigenvalue weighted by atomic mass is 19.3. The third kappa shape index (κ3) is 3.79. The van der Waals surface area contributed by atoms with Gasteiger partial charge < -0.3 is 14.5 Å². The third-order valence-electron chi connectivity index (χ3n) is 5.83. The fourth-order valence-corrected chi connectivity index (χ4v) is 4.04. The van der Waals surface area contributed by atoms with Crippen molar-refractivity contribution in [1.82, 2.24) is 9.88 Å². The lowest BCUT2D eigenvalue weighted by molar-refractivity contribution is -0.0495. The number of benzene rings is 2. The second-order valence-electron chi connectivity index (χ2n) is 7.79. The maximum absolute atomic E-state index is 13.3. The number of halogens is 3. The summed E-state index contributed by atoms with van der Waals surface area (Å²) in [6, 6.07) is 11.4. The topological polar surface area (TPSA) is 62.7 Å². The van der Waals surface area contributed by atoms with Crippen LogP contribution in [0.15, 0.2) is 54.7 Å². The number of carbonyl (C=O) groups excluding carboxylic acids is 2. The Kier molecular flexibility index (Phi) is 5.24. The van der Waals surface area contributed by atoms with Gasteiger partial charge in [-0.25, -0.2) is 4.39 Å². The summed E-state index contributed by atoms with van der Waals surface area (Å²) in [6.07, 6.45) is 2.33. The van der Waals surface area contributed by atoms with Crippen molar-refractivity contribution in [2.75, 3.05) is 18.0 Å². The molecule has 0 unspecified atom stereocenters. The first-order chi connectivity index (χ1) is 15.9. The molecule has 2 aliphatic heterocycles. The molecule has 0 radical (unpaired) electrons. The van der Waals surface area contributed by atoms with Crippen LogP contribution in [0.25, 0.3) is 11.3 Å². The van der Waals surface area contributed by atoms with Crippen LogP contribution in [0, 0.1) is 5.82 Å². The van der Waals surface area contributed by atoms with Crippen molar-refractivity contribution in [3.05, 3.63) is 77.2 Å². The van der Waals surface area contributed by atoms with Gasteiger partial charge in [-0.1, -0.05) is 0 Å². The summed E-state index contributed by atoms with van der Waals surface area (Å²) >= 11 is 0. The number of alkyl halides is 2. The maximum Gasteiger partial charge on any atom is 0.387 e. The average molecular weight is 453 g/mol. The molecule has 0 atom stereocenters. The molecule has 3 heterocycles. The van der Waals surface area contributed by atoms with Crippen LogP contribution in [0.5, 0.6) is 5.75 Å². The number of aromatic nitrogens is 1. The van der Waals surface area contributed by atoms with E-state index in [1.807, 2.05) is 0 Å². The van der Waals surface area contributed by atoms with Crippen molar-refractivity contribution < 1.29 is 27.5 Å². The van der Waals surface area contributed by atoms with E-state index in [1.165, 1.54) is 47.5 Å². The van der Waals surface area contributed by atoms with E-state index in [4.69, 9.17) is 4.74 Å². The number of pyridine rings is 1. The van der Waals surface area contributed by atoms with Crippen molar-refractivity contribution >= 4 is 17.5 Å². The molecule has 1 aromatic heterocycles. The zero-order valence-corrected chi connectivity index (χ0v) is 17.3. The molecule has 0 bridgehead atoms. The number of carbonyl (C=O) groups is 2. The van der Waals surface area contributed by atoms with E-state index in [9.17, 15) is 22.8 Å². The van der Waals surface area contributed by atoms with Crippen molar-refractivity contribution in [3.8, 4) is 17.0 Å². The molecule has 6 nitrogen and oxygen atoms in total. The van der Waals surface area contributed by atoms with Crippen LogP contribution in [-0.2, 0) is 6.54 Å². The zero-order valence-electron chi connectivity index (χ0n) is 17.3. The van der Waals surface area contributed by atoms with E-state index in [2.05, 4.69) is 4.98 Å². The van der Waals surface area contributed by atoms with E-state index >= 15 is 0 Å². The highest BCUT2D eigenvalue weighted by Gasteiger charge is 2.32. The maximum atomic E-state index is 13.3. The van der Waals surface area contributed by atoms with Crippen LogP contribution in [0.4, 0.5) is 18.9 Å². The number of nitrogens with zero attached hydrogens (tertiary/aromatic N) is 3. The molecule has 0 N–H and O–H groups in total. The first kappa shape index (κ1) is 21.0. The van der Waals surface area contributed by atoms with Gasteiger partial charge in [0.1, 0.15) is 11.6 Å². The number of hydrogen-bond donors (Lipinski definition) is 0. The van der Waals surface area contributed by atoms with Crippen LogP contribution >= 0.6 is 0 Å². The van der Waals surface area contributed by atoms with Gasteiger partial charge in [0.2, 0.25) is 0 Å². The minimum atomic E-state index is -3.10. The number of ether oxygens (including phenoxy) is 1. The second kappa shape index (κ2) is 8.23. The van der Waals surface area contributed by atoms with Gasteiger partial charge in [0.25, 0.3) is 11.8 Å². The van der Waals surface area contributed by atoms with Crippen molar-refractivity contribution in [2.45, 2.75) is 19.6 Å². The van der Waals surface area contributed by atoms with Gasteiger partial charge in [0.05, 0.1) is 12.2 Å². The van der Waals surface area contributed by atoms with Gasteiger partial charge in [0.15, 0.2) is 0 Å². The van der Waals surface area contributed by atoms with Crippen LogP contribution in [0.2, 0.25) is 0 Å². The number of likely N-dealkylation sites (tertiary alicyclic amines) is 1. The first-order valence-electron chi connectivity index (χ1n) is 10.4. The SMILES string of the molecule is O=C(c1ccc(-c2nccc3c2CN(c2ccc(F)cc2)C3=O)c(OC(F)F)c1)N1CCC1. The average Bonchev–Trinajstić information content (AvgIpc) is 3.09. The Labute approximate surface area is 187 Å². The first-order valence-corrected chi connectivity index (χ1v) is 10.4.